The summed E-state index contributed by atoms with van der Waals surface area (Å²) in [6, 6.07) is 11.5. The Hall–Kier alpha value is -3.66. The van der Waals surface area contributed by atoms with Gasteiger partial charge in [0.25, 0.3) is 11.3 Å². The average molecular weight is 653 g/mol. The zero-order chi connectivity index (χ0) is 33.9. The summed E-state index contributed by atoms with van der Waals surface area (Å²) in [5.41, 5.74) is -0.265. The Kier molecular flexibility index (Phi) is 13.0. The molecule has 1 aliphatic heterocycles. The summed E-state index contributed by atoms with van der Waals surface area (Å²) >= 11 is 0. The molecule has 0 N–H and O–H groups in total. The molecule has 1 aromatic carbocycles. The van der Waals surface area contributed by atoms with Gasteiger partial charge in [-0.15, -0.1) is 0 Å². The van der Waals surface area contributed by atoms with Crippen LogP contribution in [0.4, 0.5) is 5.69 Å². The van der Waals surface area contributed by atoms with Crippen LogP contribution in [0.5, 0.6) is 0 Å². The molecule has 1 saturated heterocycles. The van der Waals surface area contributed by atoms with E-state index in [1.54, 1.807) is 32.9 Å². The van der Waals surface area contributed by atoms with Crippen molar-refractivity contribution in [2.75, 3.05) is 44.4 Å². The second-order valence-corrected chi connectivity index (χ2v) is 12.9. The minimum Gasteiger partial charge on any atom is -0.465 e. The van der Waals surface area contributed by atoms with E-state index < -0.39 is 23.3 Å². The van der Waals surface area contributed by atoms with Gasteiger partial charge in [-0.05, 0) is 109 Å². The number of piperidine rings is 1. The molecule has 2 aliphatic rings. The van der Waals surface area contributed by atoms with Crippen LogP contribution in [0, 0.1) is 17.8 Å². The Morgan fingerprint density at radius 3 is 1.94 bits per heavy atom. The molecular formula is C37H52N2O8. The minimum absolute atomic E-state index is 0.00796. The van der Waals surface area contributed by atoms with E-state index in [-0.39, 0.29) is 43.6 Å². The van der Waals surface area contributed by atoms with Gasteiger partial charge in [0.15, 0.2) is 5.76 Å². The molecule has 1 amide bonds. The second-order valence-electron chi connectivity index (χ2n) is 12.9. The van der Waals surface area contributed by atoms with E-state index in [0.717, 1.165) is 82.3 Å². The van der Waals surface area contributed by atoms with Crippen molar-refractivity contribution in [3.8, 4) is 0 Å². The molecule has 1 aromatic heterocycles. The third-order valence-electron chi connectivity index (χ3n) is 9.96. The second kappa shape index (κ2) is 16.9. The Bertz CT molecular complexity index is 1260. The van der Waals surface area contributed by atoms with Gasteiger partial charge in [0.1, 0.15) is 0 Å². The molecule has 47 heavy (non-hydrogen) atoms. The lowest BCUT2D eigenvalue weighted by atomic mass is 9.66. The molecule has 0 radical (unpaired) electrons. The van der Waals surface area contributed by atoms with Gasteiger partial charge in [0.05, 0.1) is 26.1 Å². The van der Waals surface area contributed by atoms with Crippen molar-refractivity contribution < 1.29 is 37.8 Å². The van der Waals surface area contributed by atoms with Gasteiger partial charge in [0, 0.05) is 24.8 Å². The maximum absolute atomic E-state index is 13.6. The van der Waals surface area contributed by atoms with Crippen LogP contribution in [0.25, 0.3) is 0 Å². The maximum atomic E-state index is 13.6. The molecule has 258 valence electrons. The molecule has 2 aromatic rings. The summed E-state index contributed by atoms with van der Waals surface area (Å²) < 4.78 is 21.4. The number of aryl methyl sites for hydroxylation is 1. The summed E-state index contributed by atoms with van der Waals surface area (Å²) in [6.07, 6.45) is 9.77. The zero-order valence-corrected chi connectivity index (χ0v) is 28.6. The number of esters is 3. The van der Waals surface area contributed by atoms with Crippen LogP contribution < -0.4 is 4.90 Å². The monoisotopic (exact) mass is 652 g/mol. The van der Waals surface area contributed by atoms with Crippen LogP contribution in [-0.2, 0) is 28.6 Å². The molecule has 0 atom stereocenters. The normalized spacial score (nSPS) is 17.1. The molecule has 4 rings (SSSR count). The average Bonchev–Trinajstić information content (AvgIpc) is 3.62. The summed E-state index contributed by atoms with van der Waals surface area (Å²) in [7, 11) is 0. The summed E-state index contributed by atoms with van der Waals surface area (Å²) in [5, 5.41) is 0. The molecule has 1 aliphatic carbocycles. The topological polar surface area (TPSA) is 116 Å². The molecule has 10 nitrogen and oxygen atoms in total. The summed E-state index contributed by atoms with van der Waals surface area (Å²) in [4.78, 5) is 58.0. The fourth-order valence-electron chi connectivity index (χ4n) is 7.21. The number of likely N-dealkylation sites (tertiary alicyclic amines) is 1. The molecule has 0 spiro atoms. The number of benzene rings is 1. The Balaban J connectivity index is 1.46. The van der Waals surface area contributed by atoms with E-state index in [4.69, 9.17) is 18.6 Å². The molecular weight excluding hydrogens is 600 g/mol. The number of anilines is 1. The largest absolute Gasteiger partial charge is 0.465 e. The van der Waals surface area contributed by atoms with Crippen LogP contribution in [0.15, 0.2) is 47.1 Å². The van der Waals surface area contributed by atoms with Crippen LogP contribution in [0.2, 0.25) is 0 Å². The third-order valence-corrected chi connectivity index (χ3v) is 9.96. The van der Waals surface area contributed by atoms with Crippen LogP contribution in [-0.4, -0.2) is 74.2 Å². The van der Waals surface area contributed by atoms with Gasteiger partial charge in [-0.2, -0.15) is 0 Å². The molecule has 1 saturated carbocycles. The quantitative estimate of drug-likeness (QED) is 0.121. The van der Waals surface area contributed by atoms with Gasteiger partial charge in [0.2, 0.25) is 0 Å². The van der Waals surface area contributed by atoms with E-state index in [9.17, 15) is 19.2 Å². The number of carbonyl (C=O) groups excluding carboxylic acids is 4. The number of hydrogen-bond acceptors (Lipinski definition) is 9. The maximum Gasteiger partial charge on any atom is 0.335 e. The Labute approximate surface area is 279 Å². The predicted octanol–water partition coefficient (Wildman–Crippen LogP) is 6.50. The van der Waals surface area contributed by atoms with Crippen molar-refractivity contribution >= 4 is 29.5 Å². The van der Waals surface area contributed by atoms with E-state index in [0.29, 0.717) is 12.2 Å². The lowest BCUT2D eigenvalue weighted by molar-refractivity contribution is -0.185. The van der Waals surface area contributed by atoms with Gasteiger partial charge >= 0.3 is 17.9 Å². The number of rotatable bonds is 15. The number of amides is 1. The third kappa shape index (κ3) is 8.63. The Morgan fingerprint density at radius 1 is 0.851 bits per heavy atom. The van der Waals surface area contributed by atoms with Crippen molar-refractivity contribution in [1.29, 1.82) is 0 Å². The van der Waals surface area contributed by atoms with Crippen molar-refractivity contribution in [3.05, 3.63) is 54.0 Å². The van der Waals surface area contributed by atoms with Gasteiger partial charge < -0.3 is 28.4 Å². The smallest absolute Gasteiger partial charge is 0.335 e. The molecule has 0 unspecified atom stereocenters. The fourth-order valence-corrected chi connectivity index (χ4v) is 7.21. The number of furan rings is 1. The Morgan fingerprint density at radius 2 is 1.43 bits per heavy atom. The highest BCUT2D eigenvalue weighted by atomic mass is 16.6. The van der Waals surface area contributed by atoms with Crippen molar-refractivity contribution in [1.82, 2.24) is 4.90 Å². The molecule has 10 heteroatoms. The van der Waals surface area contributed by atoms with E-state index in [1.807, 2.05) is 36.1 Å². The highest BCUT2D eigenvalue weighted by Crippen LogP contribution is 2.46. The molecule has 2 heterocycles. The van der Waals surface area contributed by atoms with Crippen molar-refractivity contribution in [2.45, 2.75) is 97.9 Å². The first-order valence-electron chi connectivity index (χ1n) is 17.4. The first kappa shape index (κ1) is 36.2. The number of nitrogens with zero attached hydrogens (tertiary/aromatic N) is 2. The lowest BCUT2D eigenvalue weighted by Gasteiger charge is -2.42. The highest BCUT2D eigenvalue weighted by Gasteiger charge is 2.58. The highest BCUT2D eigenvalue weighted by molar-refractivity contribution is 6.18. The standard InChI is InChI=1S/C37H52N2O8/c1-5-44-33(41)37(34(42)45-6-2,35(43)46-7-3)22-21-36(19-9-8-10-20-36)23-26-38-24-17-30(18-25-38)39(29-15-13-28(4)14-16-29)32(40)31-12-11-27-47-31/h11-16,27,30H,5-10,17-26H2,1-4H3. The van der Waals surface area contributed by atoms with Crippen LogP contribution in [0.3, 0.4) is 0 Å². The first-order valence-corrected chi connectivity index (χ1v) is 17.4. The van der Waals surface area contributed by atoms with E-state index >= 15 is 0 Å². The van der Waals surface area contributed by atoms with Gasteiger partial charge in [-0.25, -0.2) is 0 Å². The minimum atomic E-state index is -2.13. The molecule has 0 bridgehead atoms. The zero-order valence-electron chi connectivity index (χ0n) is 28.6. The van der Waals surface area contributed by atoms with Crippen LogP contribution in [0.1, 0.15) is 101 Å². The summed E-state index contributed by atoms with van der Waals surface area (Å²) in [6.45, 7) is 9.63. The van der Waals surface area contributed by atoms with Crippen molar-refractivity contribution in [2.24, 2.45) is 10.8 Å². The SMILES string of the molecule is CCOC(=O)C(CCC1(CCN2CCC(N(C(=O)c3ccco3)c3ccc(C)cc3)CC2)CCCCC1)(C(=O)OCC)C(=O)OCC. The number of hydrogen-bond donors (Lipinski definition) is 0. The molecule has 2 fully saturated rings. The number of ether oxygens (including phenoxy) is 3. The fraction of sp³-hybridized carbons (Fsp3) is 0.622. The van der Waals surface area contributed by atoms with E-state index in [2.05, 4.69) is 4.90 Å². The van der Waals surface area contributed by atoms with Crippen molar-refractivity contribution in [3.63, 3.8) is 0 Å². The first-order chi connectivity index (χ1) is 22.7. The van der Waals surface area contributed by atoms with Crippen LogP contribution >= 0.6 is 0 Å². The number of carbonyl (C=O) groups is 4. The van der Waals surface area contributed by atoms with E-state index in [1.165, 1.54) is 6.26 Å². The summed E-state index contributed by atoms with van der Waals surface area (Å²) in [5.74, 6) is -2.49. The van der Waals surface area contributed by atoms with Gasteiger partial charge in [-0.1, -0.05) is 37.0 Å². The lowest BCUT2D eigenvalue weighted by Crippen LogP contribution is -2.50. The van der Waals surface area contributed by atoms with Gasteiger partial charge in [-0.3, -0.25) is 19.2 Å². The predicted molar refractivity (Wildman–Crippen MR) is 178 cm³/mol.